The predicted molar refractivity (Wildman–Crippen MR) is 95.8 cm³/mol. The fraction of sp³-hybridized carbons (Fsp3) is 0.579. The zero-order valence-corrected chi connectivity index (χ0v) is 14.7. The summed E-state index contributed by atoms with van der Waals surface area (Å²) in [6.07, 6.45) is 4.74. The summed E-state index contributed by atoms with van der Waals surface area (Å²) in [5.41, 5.74) is 7.34. The molecule has 5 nitrogen and oxygen atoms in total. The van der Waals surface area contributed by atoms with Crippen LogP contribution in [0.5, 0.6) is 0 Å². The van der Waals surface area contributed by atoms with Gasteiger partial charge in [0.1, 0.15) is 0 Å². The van der Waals surface area contributed by atoms with Crippen molar-refractivity contribution in [1.82, 2.24) is 9.80 Å². The summed E-state index contributed by atoms with van der Waals surface area (Å²) in [6.45, 7) is 5.25. The first-order valence-corrected chi connectivity index (χ1v) is 8.95. The van der Waals surface area contributed by atoms with Crippen LogP contribution in [-0.4, -0.2) is 54.3 Å². The predicted octanol–water partition coefficient (Wildman–Crippen LogP) is 2.19. The largest absolute Gasteiger partial charge is 0.339 e. The topological polar surface area (TPSA) is 66.6 Å². The number of benzene rings is 1. The van der Waals surface area contributed by atoms with E-state index in [1.807, 2.05) is 41.0 Å². The Morgan fingerprint density at radius 3 is 2.12 bits per heavy atom. The maximum Gasteiger partial charge on any atom is 0.253 e. The summed E-state index contributed by atoms with van der Waals surface area (Å²) in [5, 5.41) is 0. The number of rotatable bonds is 7. The van der Waals surface area contributed by atoms with Crippen molar-refractivity contribution in [3.8, 4) is 0 Å². The summed E-state index contributed by atoms with van der Waals surface area (Å²) in [4.78, 5) is 28.4. The van der Waals surface area contributed by atoms with Crippen LogP contribution in [0, 0.1) is 6.92 Å². The maximum absolute atomic E-state index is 12.5. The van der Waals surface area contributed by atoms with E-state index < -0.39 is 0 Å². The molecule has 1 aromatic carbocycles. The number of piperazine rings is 1. The molecule has 1 aromatic rings. The van der Waals surface area contributed by atoms with Gasteiger partial charge in [-0.3, -0.25) is 9.59 Å². The molecule has 2 amide bonds. The van der Waals surface area contributed by atoms with Gasteiger partial charge in [-0.05, 0) is 38.4 Å². The van der Waals surface area contributed by atoms with E-state index in [1.54, 1.807) is 0 Å². The van der Waals surface area contributed by atoms with E-state index in [-0.39, 0.29) is 11.8 Å². The Balaban J connectivity index is 1.73. The fourth-order valence-electron chi connectivity index (χ4n) is 2.97. The molecule has 5 heteroatoms. The van der Waals surface area contributed by atoms with Gasteiger partial charge in [-0.2, -0.15) is 0 Å². The van der Waals surface area contributed by atoms with Gasteiger partial charge in [-0.25, -0.2) is 0 Å². The lowest BCUT2D eigenvalue weighted by atomic mass is 10.1. The normalized spacial score (nSPS) is 14.8. The second-order valence-corrected chi connectivity index (χ2v) is 6.49. The standard InChI is InChI=1S/C19H29N3O2/c1-16-7-9-17(10-8-16)19(24)22-14-12-21(13-15-22)18(23)6-4-2-3-5-11-20/h7-10H,2-6,11-15,20H2,1H3. The molecule has 1 aliphatic heterocycles. The molecule has 0 saturated carbocycles. The number of carbonyl (C=O) groups excluding carboxylic acids is 2. The number of nitrogens with zero attached hydrogens (tertiary/aromatic N) is 2. The number of hydrogen-bond acceptors (Lipinski definition) is 3. The number of amides is 2. The average Bonchev–Trinajstić information content (AvgIpc) is 2.61. The average molecular weight is 331 g/mol. The van der Waals surface area contributed by atoms with E-state index in [2.05, 4.69) is 0 Å². The fourth-order valence-corrected chi connectivity index (χ4v) is 2.97. The van der Waals surface area contributed by atoms with Gasteiger partial charge in [-0.1, -0.05) is 30.5 Å². The van der Waals surface area contributed by atoms with Gasteiger partial charge in [0.2, 0.25) is 5.91 Å². The maximum atomic E-state index is 12.5. The van der Waals surface area contributed by atoms with Crippen molar-refractivity contribution in [2.75, 3.05) is 32.7 Å². The van der Waals surface area contributed by atoms with Crippen LogP contribution in [0.15, 0.2) is 24.3 Å². The molecule has 0 unspecified atom stereocenters. The van der Waals surface area contributed by atoms with Crippen molar-refractivity contribution in [3.63, 3.8) is 0 Å². The molecule has 132 valence electrons. The van der Waals surface area contributed by atoms with Crippen LogP contribution in [-0.2, 0) is 4.79 Å². The third-order valence-electron chi connectivity index (χ3n) is 4.56. The summed E-state index contributed by atoms with van der Waals surface area (Å²) < 4.78 is 0. The summed E-state index contributed by atoms with van der Waals surface area (Å²) in [7, 11) is 0. The van der Waals surface area contributed by atoms with Crippen molar-refractivity contribution in [1.29, 1.82) is 0 Å². The van der Waals surface area contributed by atoms with Crippen LogP contribution < -0.4 is 5.73 Å². The highest BCUT2D eigenvalue weighted by Crippen LogP contribution is 2.12. The first kappa shape index (κ1) is 18.5. The Labute approximate surface area is 144 Å². The number of hydrogen-bond donors (Lipinski definition) is 1. The van der Waals surface area contributed by atoms with Gasteiger partial charge in [0.05, 0.1) is 0 Å². The molecular weight excluding hydrogens is 302 g/mol. The Hall–Kier alpha value is -1.88. The zero-order valence-electron chi connectivity index (χ0n) is 14.7. The monoisotopic (exact) mass is 331 g/mol. The first-order chi connectivity index (χ1) is 11.6. The van der Waals surface area contributed by atoms with Crippen molar-refractivity contribution < 1.29 is 9.59 Å². The lowest BCUT2D eigenvalue weighted by molar-refractivity contribution is -0.132. The molecule has 0 bridgehead atoms. The second-order valence-electron chi connectivity index (χ2n) is 6.49. The summed E-state index contributed by atoms with van der Waals surface area (Å²) in [6, 6.07) is 7.66. The molecule has 0 aliphatic carbocycles. The minimum absolute atomic E-state index is 0.0592. The van der Waals surface area contributed by atoms with Crippen molar-refractivity contribution in [2.24, 2.45) is 5.73 Å². The molecular formula is C19H29N3O2. The molecule has 1 aliphatic rings. The Morgan fingerprint density at radius 2 is 1.50 bits per heavy atom. The van der Waals surface area contributed by atoms with E-state index in [0.29, 0.717) is 32.6 Å². The molecule has 2 N–H and O–H groups in total. The molecule has 1 heterocycles. The van der Waals surface area contributed by atoms with Crippen LogP contribution >= 0.6 is 0 Å². The smallest absolute Gasteiger partial charge is 0.253 e. The second kappa shape index (κ2) is 9.42. The lowest BCUT2D eigenvalue weighted by Gasteiger charge is -2.35. The minimum Gasteiger partial charge on any atom is -0.339 e. The van der Waals surface area contributed by atoms with Gasteiger partial charge in [-0.15, -0.1) is 0 Å². The van der Waals surface area contributed by atoms with Crippen molar-refractivity contribution in [2.45, 2.75) is 39.0 Å². The highest BCUT2D eigenvalue weighted by Gasteiger charge is 2.24. The van der Waals surface area contributed by atoms with Gasteiger partial charge in [0.15, 0.2) is 0 Å². The first-order valence-electron chi connectivity index (χ1n) is 8.95. The van der Waals surface area contributed by atoms with Crippen LogP contribution in [0.1, 0.15) is 48.0 Å². The van der Waals surface area contributed by atoms with E-state index in [0.717, 1.165) is 43.4 Å². The van der Waals surface area contributed by atoms with Crippen molar-refractivity contribution in [3.05, 3.63) is 35.4 Å². The highest BCUT2D eigenvalue weighted by atomic mass is 16.2. The van der Waals surface area contributed by atoms with E-state index in [4.69, 9.17) is 5.73 Å². The van der Waals surface area contributed by atoms with Gasteiger partial charge in [0.25, 0.3) is 5.91 Å². The molecule has 1 fully saturated rings. The molecule has 0 aromatic heterocycles. The lowest BCUT2D eigenvalue weighted by Crippen LogP contribution is -2.50. The summed E-state index contributed by atoms with van der Waals surface area (Å²) >= 11 is 0. The quantitative estimate of drug-likeness (QED) is 0.779. The minimum atomic E-state index is 0.0592. The molecule has 0 atom stereocenters. The molecule has 0 radical (unpaired) electrons. The van der Waals surface area contributed by atoms with Gasteiger partial charge < -0.3 is 15.5 Å². The van der Waals surface area contributed by atoms with Gasteiger partial charge >= 0.3 is 0 Å². The molecule has 1 saturated heterocycles. The number of nitrogens with two attached hydrogens (primary N) is 1. The van der Waals surface area contributed by atoms with Crippen molar-refractivity contribution >= 4 is 11.8 Å². The molecule has 2 rings (SSSR count). The zero-order chi connectivity index (χ0) is 17.4. The SMILES string of the molecule is Cc1ccc(C(=O)N2CCN(C(=O)CCCCCCN)CC2)cc1. The van der Waals surface area contributed by atoms with Crippen LogP contribution in [0.3, 0.4) is 0 Å². The Bertz CT molecular complexity index is 534. The Kier molecular flexibility index (Phi) is 7.25. The highest BCUT2D eigenvalue weighted by molar-refractivity contribution is 5.94. The summed E-state index contributed by atoms with van der Waals surface area (Å²) in [5.74, 6) is 0.272. The van der Waals surface area contributed by atoms with Crippen LogP contribution in [0.4, 0.5) is 0 Å². The number of aryl methyl sites for hydroxylation is 1. The number of unbranched alkanes of at least 4 members (excludes halogenated alkanes) is 3. The van der Waals surface area contributed by atoms with Crippen LogP contribution in [0.2, 0.25) is 0 Å². The third kappa shape index (κ3) is 5.34. The van der Waals surface area contributed by atoms with Gasteiger partial charge in [0, 0.05) is 38.2 Å². The van der Waals surface area contributed by atoms with E-state index >= 15 is 0 Å². The molecule has 24 heavy (non-hydrogen) atoms. The van der Waals surface area contributed by atoms with E-state index in [9.17, 15) is 9.59 Å². The molecule has 0 spiro atoms. The Morgan fingerprint density at radius 1 is 0.917 bits per heavy atom. The number of carbonyl (C=O) groups is 2. The van der Waals surface area contributed by atoms with E-state index in [1.165, 1.54) is 0 Å². The third-order valence-corrected chi connectivity index (χ3v) is 4.56. The van der Waals surface area contributed by atoms with Crippen LogP contribution in [0.25, 0.3) is 0 Å².